The summed E-state index contributed by atoms with van der Waals surface area (Å²) in [6.45, 7) is 0. The van der Waals surface area contributed by atoms with E-state index < -0.39 is 0 Å². The number of hydrogen-bond donors (Lipinski definition) is 0. The van der Waals surface area contributed by atoms with Gasteiger partial charge in [-0.05, 0) is 37.0 Å². The highest BCUT2D eigenvalue weighted by Gasteiger charge is 2.40. The lowest BCUT2D eigenvalue weighted by Crippen LogP contribution is -2.27. The normalized spacial score (nSPS) is 29.8. The van der Waals surface area contributed by atoms with E-state index >= 15 is 0 Å². The summed E-state index contributed by atoms with van der Waals surface area (Å²) in [6, 6.07) is 0. The molecular formula is C11H19Br. The van der Waals surface area contributed by atoms with Gasteiger partial charge in [-0.25, -0.2) is 0 Å². The first-order chi connectivity index (χ1) is 5.87. The van der Waals surface area contributed by atoms with Crippen LogP contribution in [0.1, 0.15) is 51.4 Å². The van der Waals surface area contributed by atoms with Crippen LogP contribution < -0.4 is 0 Å². The molecule has 0 aromatic rings. The molecule has 2 saturated carbocycles. The van der Waals surface area contributed by atoms with Crippen LogP contribution >= 0.6 is 15.9 Å². The second kappa shape index (κ2) is 3.69. The molecule has 12 heavy (non-hydrogen) atoms. The molecule has 0 atom stereocenters. The van der Waals surface area contributed by atoms with Gasteiger partial charge in [0.25, 0.3) is 0 Å². The second-order valence-electron chi connectivity index (χ2n) is 4.68. The predicted octanol–water partition coefficient (Wildman–Crippen LogP) is 4.13. The third kappa shape index (κ3) is 1.45. The van der Waals surface area contributed by atoms with E-state index in [-0.39, 0.29) is 0 Å². The minimum Gasteiger partial charge on any atom is -0.0922 e. The van der Waals surface area contributed by atoms with Gasteiger partial charge in [0.15, 0.2) is 0 Å². The van der Waals surface area contributed by atoms with Crippen LogP contribution in [0.5, 0.6) is 0 Å². The quantitative estimate of drug-likeness (QED) is 0.627. The van der Waals surface area contributed by atoms with Crippen LogP contribution in [0.2, 0.25) is 0 Å². The van der Waals surface area contributed by atoms with Crippen molar-refractivity contribution in [1.82, 2.24) is 0 Å². The molecule has 2 rings (SSSR count). The summed E-state index contributed by atoms with van der Waals surface area (Å²) < 4.78 is 0. The van der Waals surface area contributed by atoms with Crippen LogP contribution in [0.3, 0.4) is 0 Å². The van der Waals surface area contributed by atoms with Crippen molar-refractivity contribution in [3.63, 3.8) is 0 Å². The van der Waals surface area contributed by atoms with Crippen molar-refractivity contribution in [3.05, 3.63) is 0 Å². The Morgan fingerprint density at radius 3 is 2.08 bits per heavy atom. The Hall–Kier alpha value is 0.480. The number of hydrogen-bond acceptors (Lipinski definition) is 0. The Balaban J connectivity index is 2.04. The average molecular weight is 231 g/mol. The molecule has 0 aromatic heterocycles. The standard InChI is InChI=1S/C11H19Br/c12-9-11(7-3-4-8-11)10-5-1-2-6-10/h10H,1-9H2. The lowest BCUT2D eigenvalue weighted by Gasteiger charge is -2.33. The summed E-state index contributed by atoms with van der Waals surface area (Å²) >= 11 is 3.74. The summed E-state index contributed by atoms with van der Waals surface area (Å²) in [5, 5.41) is 1.27. The minimum absolute atomic E-state index is 0.733. The summed E-state index contributed by atoms with van der Waals surface area (Å²) in [4.78, 5) is 0. The molecule has 0 N–H and O–H groups in total. The molecule has 0 spiro atoms. The minimum atomic E-state index is 0.733. The first-order valence-electron chi connectivity index (χ1n) is 5.43. The molecule has 2 aliphatic rings. The van der Waals surface area contributed by atoms with Crippen molar-refractivity contribution in [2.24, 2.45) is 11.3 Å². The van der Waals surface area contributed by atoms with E-state index in [1.165, 1.54) is 56.7 Å². The number of rotatable bonds is 2. The van der Waals surface area contributed by atoms with Gasteiger partial charge >= 0.3 is 0 Å². The molecule has 0 saturated heterocycles. The van der Waals surface area contributed by atoms with Crippen molar-refractivity contribution in [2.75, 3.05) is 5.33 Å². The van der Waals surface area contributed by atoms with Crippen LogP contribution in [-0.2, 0) is 0 Å². The molecule has 0 amide bonds. The molecule has 0 unspecified atom stereocenters. The molecule has 0 radical (unpaired) electrons. The zero-order valence-electron chi connectivity index (χ0n) is 7.82. The smallest absolute Gasteiger partial charge is 0.00906 e. The number of halogens is 1. The highest BCUT2D eigenvalue weighted by molar-refractivity contribution is 9.09. The van der Waals surface area contributed by atoms with Crippen LogP contribution in [-0.4, -0.2) is 5.33 Å². The average Bonchev–Trinajstić information content (AvgIpc) is 2.76. The summed E-state index contributed by atoms with van der Waals surface area (Å²) in [6.07, 6.45) is 12.0. The summed E-state index contributed by atoms with van der Waals surface area (Å²) in [5.41, 5.74) is 0.733. The van der Waals surface area contributed by atoms with Gasteiger partial charge in [-0.1, -0.05) is 41.6 Å². The van der Waals surface area contributed by atoms with Gasteiger partial charge in [-0.3, -0.25) is 0 Å². The van der Waals surface area contributed by atoms with Gasteiger partial charge in [0.1, 0.15) is 0 Å². The zero-order chi connectivity index (χ0) is 8.44. The van der Waals surface area contributed by atoms with E-state index in [0.29, 0.717) is 0 Å². The van der Waals surface area contributed by atoms with Gasteiger partial charge in [0.2, 0.25) is 0 Å². The fourth-order valence-electron chi connectivity index (χ4n) is 3.27. The van der Waals surface area contributed by atoms with Gasteiger partial charge in [0.05, 0.1) is 0 Å². The first kappa shape index (κ1) is 9.05. The fourth-order valence-corrected chi connectivity index (χ4v) is 4.29. The van der Waals surface area contributed by atoms with E-state index in [0.717, 1.165) is 11.3 Å². The van der Waals surface area contributed by atoms with Gasteiger partial charge in [-0.2, -0.15) is 0 Å². The molecule has 2 aliphatic carbocycles. The first-order valence-corrected chi connectivity index (χ1v) is 6.55. The van der Waals surface area contributed by atoms with Crippen LogP contribution in [0.15, 0.2) is 0 Å². The summed E-state index contributed by atoms with van der Waals surface area (Å²) in [7, 11) is 0. The van der Waals surface area contributed by atoms with Gasteiger partial charge in [0, 0.05) is 5.33 Å². The Morgan fingerprint density at radius 2 is 1.58 bits per heavy atom. The monoisotopic (exact) mass is 230 g/mol. The third-order valence-corrected chi connectivity index (χ3v) is 5.20. The van der Waals surface area contributed by atoms with E-state index in [1.807, 2.05) is 0 Å². The zero-order valence-corrected chi connectivity index (χ0v) is 9.41. The van der Waals surface area contributed by atoms with Crippen molar-refractivity contribution in [3.8, 4) is 0 Å². The van der Waals surface area contributed by atoms with E-state index in [2.05, 4.69) is 15.9 Å². The van der Waals surface area contributed by atoms with E-state index in [4.69, 9.17) is 0 Å². The maximum absolute atomic E-state index is 3.74. The van der Waals surface area contributed by atoms with Crippen molar-refractivity contribution in [1.29, 1.82) is 0 Å². The second-order valence-corrected chi connectivity index (χ2v) is 5.25. The molecule has 2 fully saturated rings. The van der Waals surface area contributed by atoms with Crippen molar-refractivity contribution >= 4 is 15.9 Å². The fraction of sp³-hybridized carbons (Fsp3) is 1.00. The Morgan fingerprint density at radius 1 is 1.00 bits per heavy atom. The molecule has 0 heterocycles. The van der Waals surface area contributed by atoms with Crippen LogP contribution in [0.25, 0.3) is 0 Å². The van der Waals surface area contributed by atoms with Crippen molar-refractivity contribution in [2.45, 2.75) is 51.4 Å². The van der Waals surface area contributed by atoms with E-state index in [9.17, 15) is 0 Å². The molecule has 0 aromatic carbocycles. The Labute approximate surface area is 84.2 Å². The van der Waals surface area contributed by atoms with Gasteiger partial charge in [-0.15, -0.1) is 0 Å². The van der Waals surface area contributed by atoms with Gasteiger partial charge < -0.3 is 0 Å². The molecule has 1 heteroatoms. The maximum atomic E-state index is 3.74. The van der Waals surface area contributed by atoms with Crippen LogP contribution in [0.4, 0.5) is 0 Å². The Kier molecular flexibility index (Phi) is 2.78. The summed E-state index contributed by atoms with van der Waals surface area (Å²) in [5.74, 6) is 1.07. The molecule has 0 nitrogen and oxygen atoms in total. The van der Waals surface area contributed by atoms with Crippen LogP contribution in [0, 0.1) is 11.3 Å². The SMILES string of the molecule is BrCC1(C2CCCC2)CCCC1. The topological polar surface area (TPSA) is 0 Å². The molecule has 0 bridgehead atoms. The highest BCUT2D eigenvalue weighted by atomic mass is 79.9. The third-order valence-electron chi connectivity index (χ3n) is 4.09. The number of alkyl halides is 1. The van der Waals surface area contributed by atoms with Crippen molar-refractivity contribution < 1.29 is 0 Å². The largest absolute Gasteiger partial charge is 0.0922 e. The molecular weight excluding hydrogens is 212 g/mol. The molecule has 70 valence electrons. The van der Waals surface area contributed by atoms with E-state index in [1.54, 1.807) is 0 Å². The maximum Gasteiger partial charge on any atom is 0.00906 e. The lowest BCUT2D eigenvalue weighted by molar-refractivity contribution is 0.206. The Bertz CT molecular complexity index is 141. The predicted molar refractivity (Wildman–Crippen MR) is 56.7 cm³/mol. The highest BCUT2D eigenvalue weighted by Crippen LogP contribution is 2.51. The lowest BCUT2D eigenvalue weighted by atomic mass is 9.75. The molecule has 0 aliphatic heterocycles.